The van der Waals surface area contributed by atoms with Crippen molar-refractivity contribution < 1.29 is 27.8 Å². The van der Waals surface area contributed by atoms with Gasteiger partial charge in [-0.3, -0.25) is 10.1 Å². The third-order valence-corrected chi connectivity index (χ3v) is 4.71. The van der Waals surface area contributed by atoms with Gasteiger partial charge in [0, 0.05) is 22.3 Å². The second-order valence-electron chi connectivity index (χ2n) is 8.20. The number of anilines is 3. The molecule has 0 atom stereocenters. The molecule has 3 aromatic carbocycles. The lowest BCUT2D eigenvalue weighted by Crippen LogP contribution is -2.27. The van der Waals surface area contributed by atoms with Gasteiger partial charge in [0.2, 0.25) is 0 Å². The Morgan fingerprint density at radius 3 is 2.38 bits per heavy atom. The zero-order valence-corrected chi connectivity index (χ0v) is 20.1. The fraction of sp³-hybridized carbons (Fsp3) is 0.167. The van der Waals surface area contributed by atoms with Crippen LogP contribution < -0.4 is 21.1 Å². The molecule has 0 saturated heterocycles. The lowest BCUT2D eigenvalue weighted by molar-refractivity contribution is 0.0635. The second-order valence-corrected chi connectivity index (χ2v) is 9.11. The first-order chi connectivity index (χ1) is 15.9. The number of hydrogen-bond donors (Lipinski definition) is 3. The molecular formula is C24H22BrF2N3O4. The van der Waals surface area contributed by atoms with E-state index in [2.05, 4.69) is 26.6 Å². The van der Waals surface area contributed by atoms with Crippen molar-refractivity contribution in [1.82, 2.24) is 0 Å². The Hall–Kier alpha value is -3.66. The van der Waals surface area contributed by atoms with Gasteiger partial charge < -0.3 is 20.5 Å². The maximum atomic E-state index is 14.4. The molecule has 0 aliphatic heterocycles. The highest BCUT2D eigenvalue weighted by Crippen LogP contribution is 2.35. The van der Waals surface area contributed by atoms with E-state index in [0.29, 0.717) is 10.2 Å². The topological polar surface area (TPSA) is 103 Å². The first-order valence-corrected chi connectivity index (χ1v) is 10.8. The number of amides is 2. The van der Waals surface area contributed by atoms with Crippen LogP contribution in [-0.2, 0) is 4.74 Å². The predicted octanol–water partition coefficient (Wildman–Crippen LogP) is 6.71. The Morgan fingerprint density at radius 1 is 1.00 bits per heavy atom. The van der Waals surface area contributed by atoms with Crippen LogP contribution in [0.25, 0.3) is 0 Å². The summed E-state index contributed by atoms with van der Waals surface area (Å²) in [5.41, 5.74) is 4.94. The van der Waals surface area contributed by atoms with E-state index in [1.54, 1.807) is 39.0 Å². The van der Waals surface area contributed by atoms with Crippen molar-refractivity contribution >= 4 is 45.0 Å². The smallest absolute Gasteiger partial charge is 0.412 e. The molecule has 0 aromatic heterocycles. The zero-order valence-electron chi connectivity index (χ0n) is 18.5. The maximum absolute atomic E-state index is 14.4. The fourth-order valence-corrected chi connectivity index (χ4v) is 3.27. The normalized spacial score (nSPS) is 11.0. The highest BCUT2D eigenvalue weighted by Gasteiger charge is 2.20. The van der Waals surface area contributed by atoms with Gasteiger partial charge >= 0.3 is 6.09 Å². The summed E-state index contributed by atoms with van der Waals surface area (Å²) in [6.07, 6.45) is -0.670. The summed E-state index contributed by atoms with van der Waals surface area (Å²) in [6.45, 7) is 5.19. The summed E-state index contributed by atoms with van der Waals surface area (Å²) in [5.74, 6) is -2.30. The Bertz CT molecular complexity index is 1250. The van der Waals surface area contributed by atoms with E-state index in [1.807, 2.05) is 0 Å². The molecule has 0 unspecified atom stereocenters. The largest absolute Gasteiger partial charge is 0.456 e. The molecule has 10 heteroatoms. The summed E-state index contributed by atoms with van der Waals surface area (Å²) in [5, 5.41) is 5.25. The molecule has 0 aliphatic carbocycles. The number of carbonyl (C=O) groups is 2. The van der Waals surface area contributed by atoms with Crippen molar-refractivity contribution in [1.29, 1.82) is 0 Å². The number of halogens is 3. The van der Waals surface area contributed by atoms with Crippen molar-refractivity contribution in [3.63, 3.8) is 0 Å². The lowest BCUT2D eigenvalue weighted by Gasteiger charge is -2.20. The van der Waals surface area contributed by atoms with Gasteiger partial charge in [-0.1, -0.05) is 22.0 Å². The van der Waals surface area contributed by atoms with Gasteiger partial charge in [-0.25, -0.2) is 13.6 Å². The minimum Gasteiger partial charge on any atom is -0.456 e. The van der Waals surface area contributed by atoms with E-state index < -0.39 is 29.2 Å². The van der Waals surface area contributed by atoms with Gasteiger partial charge in [-0.05, 0) is 57.2 Å². The minimum atomic E-state index is -0.918. The van der Waals surface area contributed by atoms with Crippen LogP contribution in [0.5, 0.6) is 11.5 Å². The van der Waals surface area contributed by atoms with Gasteiger partial charge in [-0.2, -0.15) is 0 Å². The molecule has 178 valence electrons. The van der Waals surface area contributed by atoms with Gasteiger partial charge in [-0.15, -0.1) is 0 Å². The van der Waals surface area contributed by atoms with Crippen molar-refractivity contribution in [3.05, 3.63) is 76.3 Å². The quantitative estimate of drug-likeness (QED) is 0.326. The first kappa shape index (κ1) is 25.0. The summed E-state index contributed by atoms with van der Waals surface area (Å²) in [4.78, 5) is 24.2. The molecule has 0 saturated carbocycles. The van der Waals surface area contributed by atoms with E-state index >= 15 is 0 Å². The van der Waals surface area contributed by atoms with Gasteiger partial charge in [0.05, 0.1) is 11.4 Å². The van der Waals surface area contributed by atoms with E-state index in [-0.39, 0.29) is 28.4 Å². The van der Waals surface area contributed by atoms with Crippen LogP contribution in [0.4, 0.5) is 30.6 Å². The SMILES string of the molecule is CC(C)(C)OC(=O)Nc1cccc(Oc2cc(F)cc(Nc3ccc(Br)cc3F)c2C(N)=O)c1. The molecular weight excluding hydrogens is 512 g/mol. The summed E-state index contributed by atoms with van der Waals surface area (Å²) < 4.78 is 40.1. The molecule has 4 N–H and O–H groups in total. The van der Waals surface area contributed by atoms with Crippen LogP contribution in [0, 0.1) is 11.6 Å². The number of primary amides is 1. The number of carbonyl (C=O) groups excluding carboxylic acids is 2. The molecule has 0 aliphatic rings. The molecule has 7 nitrogen and oxygen atoms in total. The van der Waals surface area contributed by atoms with Gasteiger partial charge in [0.15, 0.2) is 0 Å². The monoisotopic (exact) mass is 533 g/mol. The number of benzene rings is 3. The number of hydrogen-bond acceptors (Lipinski definition) is 5. The fourth-order valence-electron chi connectivity index (χ4n) is 2.94. The van der Waals surface area contributed by atoms with Crippen molar-refractivity contribution in [2.75, 3.05) is 10.6 Å². The zero-order chi connectivity index (χ0) is 25.0. The van der Waals surface area contributed by atoms with E-state index in [9.17, 15) is 18.4 Å². The van der Waals surface area contributed by atoms with Crippen LogP contribution in [0.3, 0.4) is 0 Å². The van der Waals surface area contributed by atoms with Crippen LogP contribution >= 0.6 is 15.9 Å². The van der Waals surface area contributed by atoms with Crippen LogP contribution in [0.2, 0.25) is 0 Å². The summed E-state index contributed by atoms with van der Waals surface area (Å²) >= 11 is 3.16. The van der Waals surface area contributed by atoms with Crippen molar-refractivity contribution in [3.8, 4) is 11.5 Å². The maximum Gasteiger partial charge on any atom is 0.412 e. The standard InChI is InChI=1S/C24H22BrF2N3O4/c1-24(2,3)34-23(32)29-15-5-4-6-16(12-15)33-20-11-14(26)10-19(21(20)22(28)31)30-18-8-7-13(25)9-17(18)27/h4-12,30H,1-3H3,(H2,28,31)(H,29,32). The summed E-state index contributed by atoms with van der Waals surface area (Å²) in [6, 6.07) is 12.4. The Morgan fingerprint density at radius 2 is 1.74 bits per heavy atom. The molecule has 0 radical (unpaired) electrons. The minimum absolute atomic E-state index is 0.00538. The second kappa shape index (κ2) is 10.1. The highest BCUT2D eigenvalue weighted by molar-refractivity contribution is 9.10. The highest BCUT2D eigenvalue weighted by atomic mass is 79.9. The van der Waals surface area contributed by atoms with Gasteiger partial charge in [0.25, 0.3) is 5.91 Å². The van der Waals surface area contributed by atoms with Gasteiger partial charge in [0.1, 0.15) is 34.3 Å². The molecule has 3 aromatic rings. The van der Waals surface area contributed by atoms with Crippen LogP contribution in [0.1, 0.15) is 31.1 Å². The van der Waals surface area contributed by atoms with E-state index in [0.717, 1.165) is 12.1 Å². The molecule has 0 bridgehead atoms. The molecule has 0 heterocycles. The average Bonchev–Trinajstić information content (AvgIpc) is 2.68. The number of nitrogens with one attached hydrogen (secondary N) is 2. The van der Waals surface area contributed by atoms with Crippen molar-refractivity contribution in [2.45, 2.75) is 26.4 Å². The Kier molecular flexibility index (Phi) is 7.41. The van der Waals surface area contributed by atoms with E-state index in [1.165, 1.54) is 24.3 Å². The Labute approximate surface area is 203 Å². The molecule has 0 fully saturated rings. The Balaban J connectivity index is 1.91. The van der Waals surface area contributed by atoms with Crippen LogP contribution in [0.15, 0.2) is 59.1 Å². The van der Waals surface area contributed by atoms with Crippen LogP contribution in [-0.4, -0.2) is 17.6 Å². The predicted molar refractivity (Wildman–Crippen MR) is 129 cm³/mol. The third kappa shape index (κ3) is 6.67. The first-order valence-electron chi connectivity index (χ1n) is 10.0. The number of rotatable bonds is 6. The van der Waals surface area contributed by atoms with Crippen molar-refractivity contribution in [2.24, 2.45) is 5.73 Å². The molecule has 2 amide bonds. The summed E-state index contributed by atoms with van der Waals surface area (Å²) in [7, 11) is 0. The average molecular weight is 534 g/mol. The molecule has 3 rings (SSSR count). The third-order valence-electron chi connectivity index (χ3n) is 4.22. The number of nitrogens with two attached hydrogens (primary N) is 1. The molecule has 0 spiro atoms. The lowest BCUT2D eigenvalue weighted by atomic mass is 10.1. The van der Waals surface area contributed by atoms with E-state index in [4.69, 9.17) is 15.2 Å². The molecule has 34 heavy (non-hydrogen) atoms. The number of ether oxygens (including phenoxy) is 2.